The van der Waals surface area contributed by atoms with Crippen molar-refractivity contribution in [3.05, 3.63) is 77.1 Å². The Bertz CT molecular complexity index is 989. The van der Waals surface area contributed by atoms with Crippen molar-refractivity contribution < 1.29 is 18.0 Å². The van der Waals surface area contributed by atoms with Crippen LogP contribution in [0.25, 0.3) is 5.69 Å². The van der Waals surface area contributed by atoms with Crippen molar-refractivity contribution in [3.63, 3.8) is 0 Å². The zero-order valence-electron chi connectivity index (χ0n) is 15.7. The molecule has 0 saturated carbocycles. The highest BCUT2D eigenvalue weighted by atomic mass is 19.4. The monoisotopic (exact) mass is 387 g/mol. The third kappa shape index (κ3) is 4.08. The minimum Gasteiger partial charge on any atom is -0.322 e. The van der Waals surface area contributed by atoms with Crippen molar-refractivity contribution in [2.75, 3.05) is 5.32 Å². The van der Waals surface area contributed by atoms with E-state index >= 15 is 0 Å². The number of hydrogen-bond acceptors (Lipinski definition) is 2. The first-order valence-electron chi connectivity index (χ1n) is 8.80. The summed E-state index contributed by atoms with van der Waals surface area (Å²) < 4.78 is 42.0. The predicted octanol–water partition coefficient (Wildman–Crippen LogP) is 5.58. The molecule has 28 heavy (non-hydrogen) atoms. The Kier molecular flexibility index (Phi) is 5.27. The van der Waals surface area contributed by atoms with Crippen LogP contribution in [0.3, 0.4) is 0 Å². The number of anilines is 1. The van der Waals surface area contributed by atoms with Crippen molar-refractivity contribution in [1.29, 1.82) is 0 Å². The summed E-state index contributed by atoms with van der Waals surface area (Å²) in [4.78, 5) is 12.6. The van der Waals surface area contributed by atoms with Crippen LogP contribution in [0.2, 0.25) is 0 Å². The molecule has 7 heteroatoms. The normalized spacial score (nSPS) is 11.7. The number of hydrogen-bond donors (Lipinski definition) is 1. The van der Waals surface area contributed by atoms with Crippen LogP contribution >= 0.6 is 0 Å². The maximum atomic E-state index is 13.7. The van der Waals surface area contributed by atoms with E-state index in [1.54, 1.807) is 30.3 Å². The Hall–Kier alpha value is -3.09. The van der Waals surface area contributed by atoms with Gasteiger partial charge in [0.05, 0.1) is 17.4 Å². The van der Waals surface area contributed by atoms with E-state index in [1.165, 1.54) is 12.1 Å². The number of halogens is 3. The lowest BCUT2D eigenvalue weighted by Crippen LogP contribution is -2.20. The Morgan fingerprint density at radius 1 is 1.11 bits per heavy atom. The molecular formula is C21H20F3N3O. The highest BCUT2D eigenvalue weighted by Crippen LogP contribution is 2.34. The molecule has 0 fully saturated rings. The zero-order chi connectivity index (χ0) is 20.5. The molecule has 146 valence electrons. The van der Waals surface area contributed by atoms with Crippen molar-refractivity contribution in [2.24, 2.45) is 0 Å². The van der Waals surface area contributed by atoms with Gasteiger partial charge in [0.25, 0.3) is 5.91 Å². The van der Waals surface area contributed by atoms with Crippen LogP contribution in [0.5, 0.6) is 0 Å². The molecule has 3 aromatic rings. The summed E-state index contributed by atoms with van der Waals surface area (Å²) in [5.74, 6) is -0.626. The Morgan fingerprint density at radius 2 is 1.79 bits per heavy atom. The molecule has 1 N–H and O–H groups in total. The summed E-state index contributed by atoms with van der Waals surface area (Å²) in [5.41, 5.74) is 0.930. The summed E-state index contributed by atoms with van der Waals surface area (Å²) in [7, 11) is 0. The van der Waals surface area contributed by atoms with E-state index in [9.17, 15) is 18.0 Å². The van der Waals surface area contributed by atoms with E-state index in [-0.39, 0.29) is 11.6 Å². The predicted molar refractivity (Wildman–Crippen MR) is 102 cm³/mol. The van der Waals surface area contributed by atoms with Gasteiger partial charge in [-0.1, -0.05) is 43.7 Å². The molecule has 0 aliphatic carbocycles. The van der Waals surface area contributed by atoms with Crippen molar-refractivity contribution in [1.82, 2.24) is 9.78 Å². The molecule has 1 amide bonds. The first kappa shape index (κ1) is 19.7. The van der Waals surface area contributed by atoms with Gasteiger partial charge >= 0.3 is 6.18 Å². The second-order valence-electron chi connectivity index (χ2n) is 6.89. The first-order chi connectivity index (χ1) is 13.2. The van der Waals surface area contributed by atoms with Crippen molar-refractivity contribution in [3.8, 4) is 5.69 Å². The number of carbonyl (C=O) groups excluding carboxylic acids is 1. The zero-order valence-corrected chi connectivity index (χ0v) is 15.7. The number of nitrogens with one attached hydrogen (secondary N) is 1. The Balaban J connectivity index is 1.98. The van der Waals surface area contributed by atoms with Crippen molar-refractivity contribution in [2.45, 2.75) is 32.9 Å². The Morgan fingerprint density at radius 3 is 2.39 bits per heavy atom. The average Bonchev–Trinajstić information content (AvgIpc) is 3.08. The lowest BCUT2D eigenvalue weighted by atomic mass is 10.0. The van der Waals surface area contributed by atoms with Gasteiger partial charge in [0.2, 0.25) is 0 Å². The topological polar surface area (TPSA) is 46.9 Å². The largest absolute Gasteiger partial charge is 0.434 e. The van der Waals surface area contributed by atoms with E-state index in [0.717, 1.165) is 22.0 Å². The van der Waals surface area contributed by atoms with Crippen molar-refractivity contribution >= 4 is 11.6 Å². The molecule has 1 aromatic heterocycles. The maximum absolute atomic E-state index is 13.7. The fraction of sp³-hybridized carbons (Fsp3) is 0.238. The van der Waals surface area contributed by atoms with Gasteiger partial charge in [-0.2, -0.15) is 18.3 Å². The number of aryl methyl sites for hydroxylation is 1. The number of benzene rings is 2. The van der Waals surface area contributed by atoms with E-state index in [2.05, 4.69) is 10.4 Å². The van der Waals surface area contributed by atoms with E-state index in [1.807, 2.05) is 26.8 Å². The molecule has 2 aromatic carbocycles. The van der Waals surface area contributed by atoms with Gasteiger partial charge in [0, 0.05) is 5.69 Å². The molecule has 3 rings (SSSR count). The SMILES string of the molecule is Cc1ccc(-n2ncc(C(=O)Nc3cccc(C(C)C)c3)c2C(F)(F)F)cc1. The molecular weight excluding hydrogens is 367 g/mol. The maximum Gasteiger partial charge on any atom is 0.434 e. The van der Waals surface area contributed by atoms with Crippen LogP contribution in [0, 0.1) is 6.92 Å². The van der Waals surface area contributed by atoms with E-state index in [4.69, 9.17) is 0 Å². The van der Waals surface area contributed by atoms with E-state index < -0.39 is 23.3 Å². The number of alkyl halides is 3. The second-order valence-corrected chi connectivity index (χ2v) is 6.89. The van der Waals surface area contributed by atoms with Gasteiger partial charge < -0.3 is 5.32 Å². The fourth-order valence-corrected chi connectivity index (χ4v) is 2.84. The average molecular weight is 387 g/mol. The molecule has 0 radical (unpaired) electrons. The fourth-order valence-electron chi connectivity index (χ4n) is 2.84. The molecule has 0 aliphatic rings. The summed E-state index contributed by atoms with van der Waals surface area (Å²) in [6.45, 7) is 5.82. The van der Waals surface area contributed by atoms with Gasteiger partial charge in [0.1, 0.15) is 0 Å². The molecule has 0 bridgehead atoms. The highest BCUT2D eigenvalue weighted by molar-refractivity contribution is 6.05. The third-order valence-electron chi connectivity index (χ3n) is 4.37. The van der Waals surface area contributed by atoms with Gasteiger partial charge in [0.15, 0.2) is 5.69 Å². The lowest BCUT2D eigenvalue weighted by Gasteiger charge is -2.13. The molecule has 0 spiro atoms. The van der Waals surface area contributed by atoms with Crippen LogP contribution in [0.4, 0.5) is 18.9 Å². The van der Waals surface area contributed by atoms with Gasteiger partial charge in [-0.05, 0) is 42.7 Å². The number of nitrogens with zero attached hydrogens (tertiary/aromatic N) is 2. The molecule has 1 heterocycles. The second kappa shape index (κ2) is 7.50. The van der Waals surface area contributed by atoms with E-state index in [0.29, 0.717) is 5.69 Å². The Labute approximate surface area is 161 Å². The van der Waals surface area contributed by atoms with Gasteiger partial charge in [-0.15, -0.1) is 0 Å². The first-order valence-corrected chi connectivity index (χ1v) is 8.80. The summed E-state index contributed by atoms with van der Waals surface area (Å²) >= 11 is 0. The van der Waals surface area contributed by atoms with Crippen LogP contribution in [-0.4, -0.2) is 15.7 Å². The molecule has 0 unspecified atom stereocenters. The highest BCUT2D eigenvalue weighted by Gasteiger charge is 2.40. The molecule has 0 saturated heterocycles. The summed E-state index contributed by atoms with van der Waals surface area (Å²) in [6, 6.07) is 13.5. The number of aromatic nitrogens is 2. The summed E-state index contributed by atoms with van der Waals surface area (Å²) in [5, 5.41) is 6.37. The number of rotatable bonds is 4. The van der Waals surface area contributed by atoms with Crippen LogP contribution in [0.15, 0.2) is 54.7 Å². The van der Waals surface area contributed by atoms with Crippen LogP contribution in [-0.2, 0) is 6.18 Å². The molecule has 0 atom stereocenters. The quantitative estimate of drug-likeness (QED) is 0.636. The summed E-state index contributed by atoms with van der Waals surface area (Å²) in [6.07, 6.45) is -3.79. The smallest absolute Gasteiger partial charge is 0.322 e. The molecule has 0 aliphatic heterocycles. The van der Waals surface area contributed by atoms with Gasteiger partial charge in [-0.3, -0.25) is 4.79 Å². The minimum absolute atomic E-state index is 0.229. The number of amides is 1. The minimum atomic E-state index is -4.74. The third-order valence-corrected chi connectivity index (χ3v) is 4.37. The molecule has 4 nitrogen and oxygen atoms in total. The number of carbonyl (C=O) groups is 1. The lowest BCUT2D eigenvalue weighted by molar-refractivity contribution is -0.143. The van der Waals surface area contributed by atoms with Crippen LogP contribution < -0.4 is 5.32 Å². The van der Waals surface area contributed by atoms with Gasteiger partial charge in [-0.25, -0.2) is 4.68 Å². The van der Waals surface area contributed by atoms with Crippen LogP contribution in [0.1, 0.15) is 46.9 Å². The standard InChI is InChI=1S/C21H20F3N3O/c1-13(2)15-5-4-6-16(11-15)26-20(28)18-12-25-27(19(18)21(22,23)24)17-9-7-14(3)8-10-17/h4-13H,1-3H3,(H,26,28).